The molecule has 0 heterocycles. The molecule has 2 atom stereocenters. The molecule has 4 nitrogen and oxygen atoms in total. The van der Waals surface area contributed by atoms with Crippen LogP contribution in [0.15, 0.2) is 0 Å². The number of Topliss-reactive ketones (excluding diaryl/α,β-unsaturated/α-hetero) is 2. The Bertz CT molecular complexity index is 204. The summed E-state index contributed by atoms with van der Waals surface area (Å²) < 4.78 is 0. The molecule has 0 radical (unpaired) electrons. The van der Waals surface area contributed by atoms with Crippen molar-refractivity contribution in [2.75, 3.05) is 13.1 Å². The van der Waals surface area contributed by atoms with Crippen molar-refractivity contribution in [2.45, 2.75) is 33.2 Å². The van der Waals surface area contributed by atoms with Gasteiger partial charge in [0.15, 0.2) is 5.78 Å². The van der Waals surface area contributed by atoms with Gasteiger partial charge in [-0.1, -0.05) is 13.8 Å². The topological polar surface area (TPSA) is 72.2 Å². The van der Waals surface area contributed by atoms with Crippen molar-refractivity contribution < 1.29 is 9.59 Å². The molecule has 4 heteroatoms. The number of rotatable bonds is 7. The maximum Gasteiger partial charge on any atom is 0.162 e. The van der Waals surface area contributed by atoms with Gasteiger partial charge in [-0.15, -0.1) is 0 Å². The number of hydrogen-bond acceptors (Lipinski definition) is 4. The normalized spacial score (nSPS) is 14.9. The average molecular weight is 200 g/mol. The fourth-order valence-corrected chi connectivity index (χ4v) is 0.946. The molecule has 0 aliphatic carbocycles. The molecule has 0 bridgehead atoms. The molecule has 14 heavy (non-hydrogen) atoms. The first-order chi connectivity index (χ1) is 6.52. The summed E-state index contributed by atoms with van der Waals surface area (Å²) in [5, 5.41) is 2.87. The van der Waals surface area contributed by atoms with E-state index in [1.807, 2.05) is 13.8 Å². The molecule has 0 aromatic carbocycles. The van der Waals surface area contributed by atoms with Gasteiger partial charge in [-0.25, -0.2) is 0 Å². The lowest BCUT2D eigenvalue weighted by molar-refractivity contribution is -0.122. The molecule has 0 amide bonds. The maximum absolute atomic E-state index is 11.4. The first kappa shape index (κ1) is 13.3. The first-order valence-corrected chi connectivity index (χ1v) is 5.01. The molecule has 0 saturated heterocycles. The maximum atomic E-state index is 11.4. The summed E-state index contributed by atoms with van der Waals surface area (Å²) in [5.74, 6) is 0.133. The van der Waals surface area contributed by atoms with E-state index in [1.165, 1.54) is 0 Å². The third-order valence-corrected chi connectivity index (χ3v) is 2.43. The van der Waals surface area contributed by atoms with Crippen molar-refractivity contribution in [3.63, 3.8) is 0 Å². The van der Waals surface area contributed by atoms with Crippen LogP contribution in [0.25, 0.3) is 0 Å². The van der Waals surface area contributed by atoms with Gasteiger partial charge in [-0.3, -0.25) is 9.59 Å². The summed E-state index contributed by atoms with van der Waals surface area (Å²) in [6, 6.07) is -0.326. The standard InChI is InChI=1S/C10H20N2O2/c1-4-7(2)10(14)6-12-8(3)9(13)5-11/h7-8,12H,4-6,11H2,1-3H3. The monoisotopic (exact) mass is 200 g/mol. The smallest absolute Gasteiger partial charge is 0.162 e. The van der Waals surface area contributed by atoms with Crippen molar-refractivity contribution in [3.8, 4) is 0 Å². The predicted octanol–water partition coefficient (Wildman–Crippen LogP) is 0.108. The lowest BCUT2D eigenvalue weighted by Gasteiger charge is -2.13. The number of nitrogens with two attached hydrogens (primary N) is 1. The highest BCUT2D eigenvalue weighted by Gasteiger charge is 2.14. The second-order valence-electron chi connectivity index (χ2n) is 3.55. The van der Waals surface area contributed by atoms with Gasteiger partial charge in [-0.05, 0) is 13.3 Å². The third-order valence-electron chi connectivity index (χ3n) is 2.43. The van der Waals surface area contributed by atoms with Gasteiger partial charge >= 0.3 is 0 Å². The molecule has 3 N–H and O–H groups in total. The Labute approximate surface area is 85.2 Å². The molecule has 0 saturated carbocycles. The van der Waals surface area contributed by atoms with Crippen LogP contribution in [-0.4, -0.2) is 30.7 Å². The Balaban J connectivity index is 3.82. The Hall–Kier alpha value is -0.740. The Morgan fingerprint density at radius 3 is 2.29 bits per heavy atom. The zero-order valence-electron chi connectivity index (χ0n) is 9.17. The van der Waals surface area contributed by atoms with E-state index >= 15 is 0 Å². The van der Waals surface area contributed by atoms with Crippen molar-refractivity contribution in [1.29, 1.82) is 0 Å². The molecular formula is C10H20N2O2. The number of ketones is 2. The molecule has 0 spiro atoms. The first-order valence-electron chi connectivity index (χ1n) is 5.01. The van der Waals surface area contributed by atoms with Crippen LogP contribution in [0.4, 0.5) is 0 Å². The summed E-state index contributed by atoms with van der Waals surface area (Å²) in [6.45, 7) is 5.85. The van der Waals surface area contributed by atoms with Crippen LogP contribution >= 0.6 is 0 Å². The summed E-state index contributed by atoms with van der Waals surface area (Å²) in [6.07, 6.45) is 0.833. The zero-order valence-corrected chi connectivity index (χ0v) is 9.17. The minimum absolute atomic E-state index is 0.0195. The summed E-state index contributed by atoms with van der Waals surface area (Å²) in [5.41, 5.74) is 5.19. The van der Waals surface area contributed by atoms with Gasteiger partial charge in [0.25, 0.3) is 0 Å². The van der Waals surface area contributed by atoms with Gasteiger partial charge in [-0.2, -0.15) is 0 Å². The SMILES string of the molecule is CCC(C)C(=O)CNC(C)C(=O)CN. The van der Waals surface area contributed by atoms with E-state index < -0.39 is 0 Å². The van der Waals surface area contributed by atoms with Gasteiger partial charge in [0.1, 0.15) is 5.78 Å². The average Bonchev–Trinajstić information content (AvgIpc) is 2.22. The summed E-state index contributed by atoms with van der Waals surface area (Å²) in [7, 11) is 0. The molecule has 82 valence electrons. The summed E-state index contributed by atoms with van der Waals surface area (Å²) >= 11 is 0. The largest absolute Gasteiger partial charge is 0.324 e. The number of nitrogens with one attached hydrogen (secondary N) is 1. The third kappa shape index (κ3) is 4.48. The lowest BCUT2D eigenvalue weighted by Crippen LogP contribution is -2.41. The fourth-order valence-electron chi connectivity index (χ4n) is 0.946. The molecule has 0 aromatic heterocycles. The van der Waals surface area contributed by atoms with Gasteiger partial charge in [0, 0.05) is 5.92 Å². The highest BCUT2D eigenvalue weighted by molar-refractivity contribution is 5.87. The van der Waals surface area contributed by atoms with E-state index in [2.05, 4.69) is 5.32 Å². The van der Waals surface area contributed by atoms with Gasteiger partial charge in [0.05, 0.1) is 19.1 Å². The van der Waals surface area contributed by atoms with Crippen LogP contribution in [0.1, 0.15) is 27.2 Å². The van der Waals surface area contributed by atoms with Gasteiger partial charge < -0.3 is 11.1 Å². The van der Waals surface area contributed by atoms with E-state index in [0.29, 0.717) is 0 Å². The zero-order chi connectivity index (χ0) is 11.1. The van der Waals surface area contributed by atoms with Crippen molar-refractivity contribution in [2.24, 2.45) is 11.7 Å². The Morgan fingerprint density at radius 2 is 1.86 bits per heavy atom. The fraction of sp³-hybridized carbons (Fsp3) is 0.800. The second-order valence-corrected chi connectivity index (χ2v) is 3.55. The molecular weight excluding hydrogens is 180 g/mol. The summed E-state index contributed by atoms with van der Waals surface area (Å²) in [4.78, 5) is 22.4. The Kier molecular flexibility index (Phi) is 6.32. The molecule has 0 rings (SSSR count). The molecule has 0 fully saturated rings. The highest BCUT2D eigenvalue weighted by atomic mass is 16.1. The van der Waals surface area contributed by atoms with Crippen LogP contribution in [-0.2, 0) is 9.59 Å². The Morgan fingerprint density at radius 1 is 1.29 bits per heavy atom. The van der Waals surface area contributed by atoms with Crippen molar-refractivity contribution >= 4 is 11.6 Å². The van der Waals surface area contributed by atoms with Crippen LogP contribution in [0, 0.1) is 5.92 Å². The minimum atomic E-state index is -0.326. The van der Waals surface area contributed by atoms with E-state index in [-0.39, 0.29) is 36.6 Å². The number of hydrogen-bond donors (Lipinski definition) is 2. The highest BCUT2D eigenvalue weighted by Crippen LogP contribution is 2.01. The van der Waals surface area contributed by atoms with E-state index in [0.717, 1.165) is 6.42 Å². The number of carbonyl (C=O) groups excluding carboxylic acids is 2. The van der Waals surface area contributed by atoms with Crippen LogP contribution in [0.2, 0.25) is 0 Å². The van der Waals surface area contributed by atoms with Crippen LogP contribution in [0.5, 0.6) is 0 Å². The number of carbonyl (C=O) groups is 2. The van der Waals surface area contributed by atoms with Gasteiger partial charge in [0.2, 0.25) is 0 Å². The minimum Gasteiger partial charge on any atom is -0.324 e. The van der Waals surface area contributed by atoms with E-state index in [4.69, 9.17) is 5.73 Å². The quantitative estimate of drug-likeness (QED) is 0.611. The van der Waals surface area contributed by atoms with Crippen LogP contribution < -0.4 is 11.1 Å². The van der Waals surface area contributed by atoms with E-state index in [1.54, 1.807) is 6.92 Å². The molecule has 0 aliphatic heterocycles. The lowest BCUT2D eigenvalue weighted by atomic mass is 10.0. The van der Waals surface area contributed by atoms with Crippen molar-refractivity contribution in [3.05, 3.63) is 0 Å². The molecule has 0 aromatic rings. The van der Waals surface area contributed by atoms with Crippen molar-refractivity contribution in [1.82, 2.24) is 5.32 Å². The van der Waals surface area contributed by atoms with E-state index in [9.17, 15) is 9.59 Å². The predicted molar refractivity (Wildman–Crippen MR) is 56.0 cm³/mol. The molecule has 2 unspecified atom stereocenters. The second kappa shape index (κ2) is 6.68. The molecule has 0 aliphatic rings. The van der Waals surface area contributed by atoms with Crippen LogP contribution in [0.3, 0.4) is 0 Å².